The SMILES string of the molecule is CCCNC(=O)CN(CCC)C(=O)c1cccc(C)c1Br. The standard InChI is InChI=1S/C16H23BrN2O2/c1-4-9-18-14(20)11-19(10-5-2)16(21)13-8-6-7-12(3)15(13)17/h6-8H,4-5,9-11H2,1-3H3,(H,18,20). The quantitative estimate of drug-likeness (QED) is 0.817. The first-order valence-electron chi connectivity index (χ1n) is 7.32. The third kappa shape index (κ3) is 5.16. The first-order valence-corrected chi connectivity index (χ1v) is 8.11. The maximum atomic E-state index is 12.6. The fourth-order valence-corrected chi connectivity index (χ4v) is 2.43. The van der Waals surface area contributed by atoms with E-state index < -0.39 is 0 Å². The summed E-state index contributed by atoms with van der Waals surface area (Å²) in [5.74, 6) is -0.221. The van der Waals surface area contributed by atoms with Gasteiger partial charge in [-0.05, 0) is 47.3 Å². The van der Waals surface area contributed by atoms with Crippen LogP contribution in [0.4, 0.5) is 0 Å². The fraction of sp³-hybridized carbons (Fsp3) is 0.500. The van der Waals surface area contributed by atoms with Gasteiger partial charge in [0.2, 0.25) is 5.91 Å². The highest BCUT2D eigenvalue weighted by molar-refractivity contribution is 9.10. The van der Waals surface area contributed by atoms with E-state index in [1.807, 2.05) is 32.9 Å². The summed E-state index contributed by atoms with van der Waals surface area (Å²) < 4.78 is 0.796. The van der Waals surface area contributed by atoms with E-state index in [1.54, 1.807) is 11.0 Å². The third-order valence-electron chi connectivity index (χ3n) is 3.11. The van der Waals surface area contributed by atoms with Crippen LogP contribution in [0.1, 0.15) is 42.6 Å². The van der Waals surface area contributed by atoms with E-state index in [0.29, 0.717) is 18.7 Å². The summed E-state index contributed by atoms with van der Waals surface area (Å²) in [6, 6.07) is 5.58. The van der Waals surface area contributed by atoms with Gasteiger partial charge in [0.25, 0.3) is 5.91 Å². The largest absolute Gasteiger partial charge is 0.355 e. The summed E-state index contributed by atoms with van der Waals surface area (Å²) in [6.45, 7) is 7.25. The van der Waals surface area contributed by atoms with Crippen LogP contribution in [-0.2, 0) is 4.79 Å². The van der Waals surface area contributed by atoms with E-state index in [4.69, 9.17) is 0 Å². The zero-order valence-electron chi connectivity index (χ0n) is 12.9. The predicted octanol–water partition coefficient (Wildman–Crippen LogP) is 3.14. The lowest BCUT2D eigenvalue weighted by atomic mass is 10.1. The Morgan fingerprint density at radius 1 is 1.24 bits per heavy atom. The number of rotatable bonds is 7. The highest BCUT2D eigenvalue weighted by Crippen LogP contribution is 2.22. The van der Waals surface area contributed by atoms with Gasteiger partial charge in [-0.2, -0.15) is 0 Å². The Balaban J connectivity index is 2.86. The van der Waals surface area contributed by atoms with E-state index in [2.05, 4.69) is 21.2 Å². The van der Waals surface area contributed by atoms with Crippen molar-refractivity contribution in [2.24, 2.45) is 0 Å². The average molecular weight is 355 g/mol. The van der Waals surface area contributed by atoms with Crippen molar-refractivity contribution in [2.45, 2.75) is 33.6 Å². The summed E-state index contributed by atoms with van der Waals surface area (Å²) in [5.41, 5.74) is 1.61. The summed E-state index contributed by atoms with van der Waals surface area (Å²) in [6.07, 6.45) is 1.70. The average Bonchev–Trinajstić information content (AvgIpc) is 2.47. The Hall–Kier alpha value is -1.36. The van der Waals surface area contributed by atoms with E-state index >= 15 is 0 Å². The fourth-order valence-electron chi connectivity index (χ4n) is 2.00. The molecule has 0 aliphatic heterocycles. The number of halogens is 1. The number of carbonyl (C=O) groups excluding carboxylic acids is 2. The molecular formula is C16H23BrN2O2. The summed E-state index contributed by atoms with van der Waals surface area (Å²) in [5, 5.41) is 2.81. The van der Waals surface area contributed by atoms with Crippen molar-refractivity contribution in [1.29, 1.82) is 0 Å². The van der Waals surface area contributed by atoms with E-state index in [0.717, 1.165) is 22.9 Å². The summed E-state index contributed by atoms with van der Waals surface area (Å²) in [7, 11) is 0. The molecule has 0 aliphatic rings. The van der Waals surface area contributed by atoms with Gasteiger partial charge < -0.3 is 10.2 Å². The van der Waals surface area contributed by atoms with Gasteiger partial charge in [-0.3, -0.25) is 9.59 Å². The van der Waals surface area contributed by atoms with Crippen molar-refractivity contribution in [3.63, 3.8) is 0 Å². The molecule has 0 bridgehead atoms. The highest BCUT2D eigenvalue weighted by atomic mass is 79.9. The van der Waals surface area contributed by atoms with Crippen LogP contribution < -0.4 is 5.32 Å². The van der Waals surface area contributed by atoms with Gasteiger partial charge in [-0.15, -0.1) is 0 Å². The molecule has 1 N–H and O–H groups in total. The Morgan fingerprint density at radius 3 is 2.57 bits per heavy atom. The van der Waals surface area contributed by atoms with Gasteiger partial charge in [0.05, 0.1) is 12.1 Å². The molecule has 116 valence electrons. The minimum Gasteiger partial charge on any atom is -0.355 e. The molecule has 0 saturated carbocycles. The van der Waals surface area contributed by atoms with Crippen LogP contribution in [0.5, 0.6) is 0 Å². The molecule has 21 heavy (non-hydrogen) atoms. The normalized spacial score (nSPS) is 10.3. The molecule has 0 heterocycles. The van der Waals surface area contributed by atoms with Crippen LogP contribution in [-0.4, -0.2) is 36.3 Å². The topological polar surface area (TPSA) is 49.4 Å². The molecule has 0 fully saturated rings. The Kier molecular flexibility index (Phi) is 7.43. The van der Waals surface area contributed by atoms with Crippen LogP contribution in [0.3, 0.4) is 0 Å². The Labute approximate surface area is 135 Å². The number of hydrogen-bond donors (Lipinski definition) is 1. The minimum atomic E-state index is -0.112. The molecule has 0 radical (unpaired) electrons. The number of hydrogen-bond acceptors (Lipinski definition) is 2. The number of carbonyl (C=O) groups is 2. The number of aryl methyl sites for hydroxylation is 1. The minimum absolute atomic E-state index is 0.104. The number of nitrogens with one attached hydrogen (secondary N) is 1. The second-order valence-corrected chi connectivity index (χ2v) is 5.81. The number of benzene rings is 1. The van der Waals surface area contributed by atoms with Crippen molar-refractivity contribution in [3.8, 4) is 0 Å². The highest BCUT2D eigenvalue weighted by Gasteiger charge is 2.20. The Bertz CT molecular complexity index is 503. The zero-order valence-corrected chi connectivity index (χ0v) is 14.5. The second kappa shape index (κ2) is 8.82. The van der Waals surface area contributed by atoms with Crippen LogP contribution in [0.25, 0.3) is 0 Å². The molecule has 0 aliphatic carbocycles. The number of amides is 2. The van der Waals surface area contributed by atoms with Crippen molar-refractivity contribution in [1.82, 2.24) is 10.2 Å². The third-order valence-corrected chi connectivity index (χ3v) is 4.16. The molecule has 0 spiro atoms. The molecular weight excluding hydrogens is 332 g/mol. The first-order chi connectivity index (χ1) is 10.0. The van der Waals surface area contributed by atoms with Crippen molar-refractivity contribution >= 4 is 27.7 Å². The molecule has 0 saturated heterocycles. The lowest BCUT2D eigenvalue weighted by Gasteiger charge is -2.22. The smallest absolute Gasteiger partial charge is 0.255 e. The van der Waals surface area contributed by atoms with E-state index in [-0.39, 0.29) is 18.4 Å². The van der Waals surface area contributed by atoms with Crippen LogP contribution in [0.2, 0.25) is 0 Å². The maximum absolute atomic E-state index is 12.6. The molecule has 1 aromatic rings. The molecule has 2 amide bonds. The van der Waals surface area contributed by atoms with Crippen LogP contribution in [0, 0.1) is 6.92 Å². The molecule has 0 unspecified atom stereocenters. The van der Waals surface area contributed by atoms with Gasteiger partial charge in [0, 0.05) is 17.6 Å². The van der Waals surface area contributed by atoms with Gasteiger partial charge in [-0.1, -0.05) is 26.0 Å². The summed E-state index contributed by atoms with van der Waals surface area (Å²) >= 11 is 3.46. The van der Waals surface area contributed by atoms with E-state index in [9.17, 15) is 9.59 Å². The van der Waals surface area contributed by atoms with Crippen LogP contribution in [0.15, 0.2) is 22.7 Å². The first kappa shape index (κ1) is 17.7. The molecule has 1 rings (SSSR count). The second-order valence-electron chi connectivity index (χ2n) is 5.01. The lowest BCUT2D eigenvalue weighted by Crippen LogP contribution is -2.41. The van der Waals surface area contributed by atoms with Crippen molar-refractivity contribution < 1.29 is 9.59 Å². The molecule has 1 aromatic carbocycles. The summed E-state index contributed by atoms with van der Waals surface area (Å²) in [4.78, 5) is 26.1. The van der Waals surface area contributed by atoms with Crippen LogP contribution >= 0.6 is 15.9 Å². The molecule has 4 nitrogen and oxygen atoms in total. The van der Waals surface area contributed by atoms with Gasteiger partial charge in [0.15, 0.2) is 0 Å². The zero-order chi connectivity index (χ0) is 15.8. The van der Waals surface area contributed by atoms with E-state index in [1.165, 1.54) is 0 Å². The maximum Gasteiger partial charge on any atom is 0.255 e. The van der Waals surface area contributed by atoms with Gasteiger partial charge >= 0.3 is 0 Å². The van der Waals surface area contributed by atoms with Gasteiger partial charge in [0.1, 0.15) is 0 Å². The number of nitrogens with zero attached hydrogens (tertiary/aromatic N) is 1. The predicted molar refractivity (Wildman–Crippen MR) is 88.4 cm³/mol. The molecule has 5 heteroatoms. The van der Waals surface area contributed by atoms with Crippen molar-refractivity contribution in [3.05, 3.63) is 33.8 Å². The van der Waals surface area contributed by atoms with Gasteiger partial charge in [-0.25, -0.2) is 0 Å². The Morgan fingerprint density at radius 2 is 1.95 bits per heavy atom. The monoisotopic (exact) mass is 354 g/mol. The lowest BCUT2D eigenvalue weighted by molar-refractivity contribution is -0.121. The molecule has 0 atom stereocenters. The van der Waals surface area contributed by atoms with Crippen molar-refractivity contribution in [2.75, 3.05) is 19.6 Å². The molecule has 0 aromatic heterocycles.